The number of thiophene rings is 2. The Hall–Kier alpha value is -6.08. The van der Waals surface area contributed by atoms with Crippen LogP contribution in [0, 0.1) is 0 Å². The van der Waals surface area contributed by atoms with Gasteiger partial charge in [-0.1, -0.05) is 184 Å². The number of nitrogens with zero attached hydrogens (tertiary/aromatic N) is 3. The van der Waals surface area contributed by atoms with Crippen LogP contribution in [0.4, 0.5) is 45.5 Å². The van der Waals surface area contributed by atoms with E-state index >= 15 is 0 Å². The second-order valence-corrected chi connectivity index (χ2v) is 31.2. The lowest BCUT2D eigenvalue weighted by Crippen LogP contribution is -2.59. The molecule has 5 heterocycles. The minimum atomic E-state index is -0.410. The lowest BCUT2D eigenvalue weighted by Gasteiger charge is -2.52. The van der Waals surface area contributed by atoms with E-state index < -0.39 is 5.54 Å². The van der Waals surface area contributed by atoms with Gasteiger partial charge in [0, 0.05) is 69.3 Å². The first-order valence-corrected chi connectivity index (χ1v) is 30.4. The van der Waals surface area contributed by atoms with Crippen molar-refractivity contribution in [3.63, 3.8) is 0 Å². The summed E-state index contributed by atoms with van der Waals surface area (Å²) in [5, 5.41) is 2.67. The van der Waals surface area contributed by atoms with Gasteiger partial charge in [0.25, 0.3) is 6.71 Å². The van der Waals surface area contributed by atoms with Crippen LogP contribution in [0.25, 0.3) is 20.2 Å². The van der Waals surface area contributed by atoms with Crippen LogP contribution in [-0.4, -0.2) is 6.71 Å². The molecule has 396 valence electrons. The number of hydrogen-bond donors (Lipinski definition) is 0. The fourth-order valence-corrected chi connectivity index (χ4v) is 16.6. The van der Waals surface area contributed by atoms with E-state index in [1.54, 1.807) is 0 Å². The summed E-state index contributed by atoms with van der Waals surface area (Å²) in [5.74, 6) is 0. The minimum Gasteiger partial charge on any atom is -0.330 e. The smallest absolute Gasteiger partial charge is 0.277 e. The Labute approximate surface area is 474 Å². The SMILES string of the molecule is CC(C)(C)c1ccc(N2c3cc(N4c5ccc(C(C)(C)C)cc5C5(C)CCc6ccccc6C45C)cc4c3B(c3sc5ccc(C(C)(C)C)cc5c32)c2sc3ccc(C(C)(C)C)cc3c2N4c2ccc(C(C)(C)C)cc2)cc1. The van der Waals surface area contributed by atoms with Crippen molar-refractivity contribution < 1.29 is 0 Å². The van der Waals surface area contributed by atoms with Crippen LogP contribution in [0.15, 0.2) is 140 Å². The highest BCUT2D eigenvalue weighted by Gasteiger charge is 2.60. The molecule has 78 heavy (non-hydrogen) atoms. The van der Waals surface area contributed by atoms with Crippen LogP contribution < -0.4 is 29.7 Å². The molecule has 3 nitrogen and oxygen atoms in total. The molecule has 0 radical (unpaired) electrons. The van der Waals surface area contributed by atoms with Crippen molar-refractivity contribution in [2.24, 2.45) is 0 Å². The first-order chi connectivity index (χ1) is 36.6. The lowest BCUT2D eigenvalue weighted by atomic mass is 9.39. The third kappa shape index (κ3) is 7.47. The van der Waals surface area contributed by atoms with Gasteiger partial charge in [0.2, 0.25) is 0 Å². The molecular formula is C72H78BN3S2. The summed E-state index contributed by atoms with van der Waals surface area (Å²) in [7, 11) is 0. The second-order valence-electron chi connectivity index (χ2n) is 29.0. The summed E-state index contributed by atoms with van der Waals surface area (Å²) < 4.78 is 5.51. The van der Waals surface area contributed by atoms with Crippen molar-refractivity contribution in [1.29, 1.82) is 0 Å². The second kappa shape index (κ2) is 16.7. The monoisotopic (exact) mass is 1060 g/mol. The van der Waals surface area contributed by atoms with Crippen LogP contribution >= 0.6 is 22.7 Å². The van der Waals surface area contributed by atoms with E-state index in [9.17, 15) is 0 Å². The van der Waals surface area contributed by atoms with Gasteiger partial charge in [-0.2, -0.15) is 0 Å². The zero-order valence-corrected chi connectivity index (χ0v) is 51.1. The number of benzene rings is 7. The van der Waals surface area contributed by atoms with Crippen molar-refractivity contribution >= 4 is 110 Å². The van der Waals surface area contributed by atoms with Gasteiger partial charge >= 0.3 is 0 Å². The molecule has 1 aliphatic carbocycles. The van der Waals surface area contributed by atoms with Crippen molar-refractivity contribution in [3.05, 3.63) is 184 Å². The van der Waals surface area contributed by atoms with Crippen molar-refractivity contribution in [2.45, 2.75) is 169 Å². The molecule has 2 unspecified atom stereocenters. The normalized spacial score (nSPS) is 19.0. The molecule has 0 fully saturated rings. The van der Waals surface area contributed by atoms with Crippen LogP contribution in [-0.2, 0) is 44.4 Å². The number of fused-ring (bicyclic) bond motifs is 13. The molecule has 9 aromatic rings. The molecule has 2 aromatic heterocycles. The van der Waals surface area contributed by atoms with Gasteiger partial charge in [0.15, 0.2) is 0 Å². The molecule has 0 amide bonds. The molecule has 0 spiro atoms. The van der Waals surface area contributed by atoms with Crippen molar-refractivity contribution in [3.8, 4) is 0 Å². The topological polar surface area (TPSA) is 9.72 Å². The summed E-state index contributed by atoms with van der Waals surface area (Å²) in [6, 6.07) is 56.1. The minimum absolute atomic E-state index is 0.000606. The molecule has 7 aromatic carbocycles. The van der Waals surface area contributed by atoms with Gasteiger partial charge in [-0.05, 0) is 164 Å². The van der Waals surface area contributed by atoms with Gasteiger partial charge in [-0.3, -0.25) is 0 Å². The molecule has 0 N–H and O–H groups in total. The van der Waals surface area contributed by atoms with Crippen LogP contribution in [0.1, 0.15) is 169 Å². The quantitative estimate of drug-likeness (QED) is 0.163. The van der Waals surface area contributed by atoms with E-state index in [1.165, 1.54) is 125 Å². The maximum atomic E-state index is 2.82. The van der Waals surface area contributed by atoms with Crippen LogP contribution in [0.2, 0.25) is 0 Å². The van der Waals surface area contributed by atoms with Crippen molar-refractivity contribution in [1.82, 2.24) is 0 Å². The Balaban J connectivity index is 1.20. The Morgan fingerprint density at radius 1 is 0.423 bits per heavy atom. The summed E-state index contributed by atoms with van der Waals surface area (Å²) in [5.41, 5.74) is 22.0. The predicted molar refractivity (Wildman–Crippen MR) is 343 cm³/mol. The summed E-state index contributed by atoms with van der Waals surface area (Å²) in [6.45, 7) is 40.4. The number of anilines is 8. The molecule has 6 heteroatoms. The Morgan fingerprint density at radius 2 is 0.846 bits per heavy atom. The maximum Gasteiger partial charge on any atom is 0.277 e. The molecular weight excluding hydrogens is 982 g/mol. The average Bonchev–Trinajstić information content (AvgIpc) is 1.96. The lowest BCUT2D eigenvalue weighted by molar-refractivity contribution is 0.245. The van der Waals surface area contributed by atoms with Gasteiger partial charge in [-0.25, -0.2) is 0 Å². The van der Waals surface area contributed by atoms with Gasteiger partial charge in [0.1, 0.15) is 0 Å². The van der Waals surface area contributed by atoms with Crippen molar-refractivity contribution in [2.75, 3.05) is 14.7 Å². The van der Waals surface area contributed by atoms with E-state index in [-0.39, 0.29) is 39.2 Å². The van der Waals surface area contributed by atoms with Gasteiger partial charge in [0.05, 0.1) is 16.9 Å². The third-order valence-corrected chi connectivity index (χ3v) is 21.3. The highest BCUT2D eigenvalue weighted by Crippen LogP contribution is 2.65. The molecule has 0 saturated heterocycles. The predicted octanol–water partition coefficient (Wildman–Crippen LogP) is 19.0. The van der Waals surface area contributed by atoms with E-state index in [0.717, 1.165) is 12.8 Å². The van der Waals surface area contributed by atoms with Gasteiger partial charge < -0.3 is 14.7 Å². The maximum absolute atomic E-state index is 2.82. The molecule has 0 saturated carbocycles. The Morgan fingerprint density at radius 3 is 1.31 bits per heavy atom. The van der Waals surface area contributed by atoms with Crippen LogP contribution in [0.3, 0.4) is 0 Å². The molecule has 13 rings (SSSR count). The summed E-state index contributed by atoms with van der Waals surface area (Å²) >= 11 is 4.02. The Bertz CT molecular complexity index is 3750. The van der Waals surface area contributed by atoms with E-state index in [1.807, 2.05) is 22.7 Å². The zero-order valence-electron chi connectivity index (χ0n) is 49.4. The largest absolute Gasteiger partial charge is 0.330 e. The van der Waals surface area contributed by atoms with Gasteiger partial charge in [-0.15, -0.1) is 22.7 Å². The number of aryl methyl sites for hydroxylation is 1. The first kappa shape index (κ1) is 51.4. The Kier molecular flexibility index (Phi) is 11.0. The fourth-order valence-electron chi connectivity index (χ4n) is 14.0. The molecule has 4 aliphatic rings. The zero-order chi connectivity index (χ0) is 55.2. The molecule has 3 aliphatic heterocycles. The number of rotatable bonds is 3. The van der Waals surface area contributed by atoms with E-state index in [2.05, 4.69) is 272 Å². The van der Waals surface area contributed by atoms with E-state index in [0.29, 0.717) is 0 Å². The number of hydrogen-bond acceptors (Lipinski definition) is 5. The fraction of sp³-hybridized carbons (Fsp3) is 0.361. The summed E-state index contributed by atoms with van der Waals surface area (Å²) in [6.07, 6.45) is 2.12. The highest BCUT2D eigenvalue weighted by atomic mass is 32.1. The first-order valence-electron chi connectivity index (χ1n) is 28.7. The third-order valence-electron chi connectivity index (χ3n) is 18.9. The summed E-state index contributed by atoms with van der Waals surface area (Å²) in [4.78, 5) is 8.23. The average molecular weight is 1060 g/mol. The molecule has 0 bridgehead atoms. The highest BCUT2D eigenvalue weighted by molar-refractivity contribution is 7.40. The standard InChI is InChI=1S/C72H78BN3S2/c1-66(2,3)44-22-29-49(30-23-44)74-57-41-51(76-56-33-26-48(70(13,14)15)40-55(56)71(16)37-36-43-20-18-19-21-54(43)72(71,76)17)42-58-61(57)73(64-62(74)52-38-46(68(7,8)9)27-34-59(52)77-64)65-63(53-39-47(69(10,11)12)28-35-60(53)78-65)75(58)50-31-24-45(25-32-50)67(4,5)6/h18-35,38-42H,36-37H2,1-17H3. The van der Waals surface area contributed by atoms with Crippen LogP contribution in [0.5, 0.6) is 0 Å². The molecule has 2 atom stereocenters. The van der Waals surface area contributed by atoms with E-state index in [4.69, 9.17) is 0 Å².